The minimum absolute atomic E-state index is 0.132. The summed E-state index contributed by atoms with van der Waals surface area (Å²) in [6.07, 6.45) is 2.47. The van der Waals surface area contributed by atoms with Crippen LogP contribution in [-0.4, -0.2) is 31.4 Å². The van der Waals surface area contributed by atoms with Crippen LogP contribution in [0.4, 0.5) is 5.13 Å². The molecule has 0 atom stereocenters. The van der Waals surface area contributed by atoms with E-state index in [1.807, 2.05) is 58.5 Å². The normalized spacial score (nSPS) is 11.0. The third kappa shape index (κ3) is 5.34. The summed E-state index contributed by atoms with van der Waals surface area (Å²) in [6, 6.07) is 24.5. The number of allylic oxidation sites excluding steroid dienone is 1. The molecule has 0 aliphatic carbocycles. The predicted octanol–water partition coefficient (Wildman–Crippen LogP) is 6.06. The van der Waals surface area contributed by atoms with Crippen molar-refractivity contribution in [1.29, 1.82) is 0 Å². The van der Waals surface area contributed by atoms with Crippen LogP contribution in [0.2, 0.25) is 0 Å². The van der Waals surface area contributed by atoms with Crippen LogP contribution in [0, 0.1) is 0 Å². The molecule has 0 fully saturated rings. The Morgan fingerprint density at radius 2 is 1.83 bits per heavy atom. The minimum Gasteiger partial charge on any atom is -0.302 e. The van der Waals surface area contributed by atoms with Gasteiger partial charge in [-0.1, -0.05) is 90.6 Å². The molecular formula is C27H23N5OS2. The van der Waals surface area contributed by atoms with Gasteiger partial charge in [-0.05, 0) is 16.3 Å². The van der Waals surface area contributed by atoms with Crippen molar-refractivity contribution in [2.45, 2.75) is 18.1 Å². The molecule has 0 aliphatic rings. The lowest BCUT2D eigenvalue weighted by molar-refractivity contribution is -0.113. The zero-order valence-electron chi connectivity index (χ0n) is 18.9. The van der Waals surface area contributed by atoms with Crippen LogP contribution in [0.25, 0.3) is 22.0 Å². The van der Waals surface area contributed by atoms with E-state index in [9.17, 15) is 4.79 Å². The maximum atomic E-state index is 12.6. The maximum absolute atomic E-state index is 12.6. The summed E-state index contributed by atoms with van der Waals surface area (Å²) < 4.78 is 2.02. The molecule has 2 aromatic heterocycles. The number of carbonyl (C=O) groups excluding carboxylic acids is 1. The zero-order chi connectivity index (χ0) is 24.0. The molecule has 0 unspecified atom stereocenters. The van der Waals surface area contributed by atoms with Crippen molar-refractivity contribution in [3.05, 3.63) is 102 Å². The van der Waals surface area contributed by atoms with Crippen molar-refractivity contribution in [2.75, 3.05) is 11.1 Å². The fourth-order valence-electron chi connectivity index (χ4n) is 3.84. The second-order valence-corrected chi connectivity index (χ2v) is 9.65. The van der Waals surface area contributed by atoms with E-state index < -0.39 is 0 Å². The Morgan fingerprint density at radius 1 is 1.03 bits per heavy atom. The summed E-state index contributed by atoms with van der Waals surface area (Å²) in [5.74, 6) is 0.924. The van der Waals surface area contributed by atoms with Crippen molar-refractivity contribution in [2.24, 2.45) is 0 Å². The minimum atomic E-state index is -0.132. The van der Waals surface area contributed by atoms with Crippen molar-refractivity contribution in [3.8, 4) is 11.3 Å². The Bertz CT molecular complexity index is 1470. The maximum Gasteiger partial charge on any atom is 0.236 e. The first-order valence-corrected chi connectivity index (χ1v) is 13.0. The number of benzene rings is 3. The molecule has 0 spiro atoms. The van der Waals surface area contributed by atoms with Gasteiger partial charge in [0.1, 0.15) is 5.82 Å². The molecule has 5 aromatic rings. The van der Waals surface area contributed by atoms with Gasteiger partial charge in [0.2, 0.25) is 5.91 Å². The number of amides is 1. The van der Waals surface area contributed by atoms with Gasteiger partial charge < -0.3 is 9.88 Å². The monoisotopic (exact) mass is 497 g/mol. The van der Waals surface area contributed by atoms with E-state index in [1.165, 1.54) is 39.4 Å². The van der Waals surface area contributed by atoms with Crippen LogP contribution in [0.1, 0.15) is 11.4 Å². The number of carbonyl (C=O) groups is 1. The van der Waals surface area contributed by atoms with Gasteiger partial charge in [0.15, 0.2) is 10.3 Å². The van der Waals surface area contributed by atoms with E-state index in [0.29, 0.717) is 23.3 Å². The highest BCUT2D eigenvalue weighted by Gasteiger charge is 2.16. The fourth-order valence-corrected chi connectivity index (χ4v) is 5.35. The molecule has 8 heteroatoms. The summed E-state index contributed by atoms with van der Waals surface area (Å²) in [5, 5.41) is 17.3. The standard InChI is InChI=1S/C27H23N5OS2/c1-2-15-32-24(16-21-13-8-12-19-9-6-7-14-22(19)21)30-31-27(32)35-18-25(33)29-26-28-23(17-34-26)20-10-4-3-5-11-20/h2-14,17H,1,15-16,18H2,(H,28,29,33). The molecule has 174 valence electrons. The van der Waals surface area contributed by atoms with Gasteiger partial charge in [0.25, 0.3) is 0 Å². The van der Waals surface area contributed by atoms with Gasteiger partial charge in [0.05, 0.1) is 11.4 Å². The number of rotatable bonds is 9. The smallest absolute Gasteiger partial charge is 0.236 e. The Balaban J connectivity index is 1.26. The van der Waals surface area contributed by atoms with Gasteiger partial charge in [-0.25, -0.2) is 4.98 Å². The molecule has 0 bridgehead atoms. The number of nitrogens with zero attached hydrogens (tertiary/aromatic N) is 4. The van der Waals surface area contributed by atoms with E-state index in [0.717, 1.165) is 17.1 Å². The Morgan fingerprint density at radius 3 is 2.69 bits per heavy atom. The van der Waals surface area contributed by atoms with Gasteiger partial charge >= 0.3 is 0 Å². The topological polar surface area (TPSA) is 72.7 Å². The quantitative estimate of drug-likeness (QED) is 0.198. The first-order chi connectivity index (χ1) is 17.2. The van der Waals surface area contributed by atoms with Crippen molar-refractivity contribution in [3.63, 3.8) is 0 Å². The van der Waals surface area contributed by atoms with E-state index in [1.54, 1.807) is 0 Å². The highest BCUT2D eigenvalue weighted by molar-refractivity contribution is 7.99. The molecule has 5 rings (SSSR count). The molecule has 0 saturated carbocycles. The number of hydrogen-bond donors (Lipinski definition) is 1. The fraction of sp³-hybridized carbons (Fsp3) is 0.111. The number of anilines is 1. The second-order valence-electron chi connectivity index (χ2n) is 7.85. The molecular weight excluding hydrogens is 474 g/mol. The Hall–Kier alpha value is -3.75. The average molecular weight is 498 g/mol. The molecule has 0 saturated heterocycles. The van der Waals surface area contributed by atoms with E-state index in [-0.39, 0.29) is 11.7 Å². The second kappa shape index (κ2) is 10.7. The lowest BCUT2D eigenvalue weighted by Crippen LogP contribution is -2.14. The molecule has 3 aromatic carbocycles. The zero-order valence-corrected chi connectivity index (χ0v) is 20.6. The molecule has 35 heavy (non-hydrogen) atoms. The Labute approximate surface area is 211 Å². The SMILES string of the molecule is C=CCn1c(Cc2cccc3ccccc23)nnc1SCC(=O)Nc1nc(-c2ccccc2)cs1. The third-order valence-electron chi connectivity index (χ3n) is 5.49. The van der Waals surface area contributed by atoms with Crippen molar-refractivity contribution in [1.82, 2.24) is 19.7 Å². The van der Waals surface area contributed by atoms with Crippen LogP contribution in [-0.2, 0) is 17.8 Å². The van der Waals surface area contributed by atoms with Crippen LogP contribution in [0.15, 0.2) is 96.0 Å². The Kier molecular flexibility index (Phi) is 7.02. The molecule has 2 heterocycles. The van der Waals surface area contributed by atoms with Gasteiger partial charge in [0, 0.05) is 23.9 Å². The molecule has 1 amide bonds. The summed E-state index contributed by atoms with van der Waals surface area (Å²) in [7, 11) is 0. The number of fused-ring (bicyclic) bond motifs is 1. The summed E-state index contributed by atoms with van der Waals surface area (Å²) in [6.45, 7) is 4.45. The van der Waals surface area contributed by atoms with Crippen LogP contribution in [0.5, 0.6) is 0 Å². The van der Waals surface area contributed by atoms with Crippen LogP contribution < -0.4 is 5.32 Å². The number of aromatic nitrogens is 4. The summed E-state index contributed by atoms with van der Waals surface area (Å²) >= 11 is 2.77. The van der Waals surface area contributed by atoms with Crippen LogP contribution >= 0.6 is 23.1 Å². The number of thioether (sulfide) groups is 1. The lowest BCUT2D eigenvalue weighted by Gasteiger charge is -2.09. The van der Waals surface area contributed by atoms with Crippen molar-refractivity contribution >= 4 is 44.9 Å². The average Bonchev–Trinajstić information content (AvgIpc) is 3.51. The summed E-state index contributed by atoms with van der Waals surface area (Å²) in [5.41, 5.74) is 3.06. The molecule has 1 N–H and O–H groups in total. The predicted molar refractivity (Wildman–Crippen MR) is 144 cm³/mol. The van der Waals surface area contributed by atoms with Crippen molar-refractivity contribution < 1.29 is 4.79 Å². The number of hydrogen-bond acceptors (Lipinski definition) is 6. The van der Waals surface area contributed by atoms with E-state index in [2.05, 4.69) is 57.4 Å². The number of nitrogens with one attached hydrogen (secondary N) is 1. The van der Waals surface area contributed by atoms with Gasteiger partial charge in [-0.15, -0.1) is 28.1 Å². The van der Waals surface area contributed by atoms with E-state index >= 15 is 0 Å². The van der Waals surface area contributed by atoms with Gasteiger partial charge in [-0.3, -0.25) is 4.79 Å². The molecule has 6 nitrogen and oxygen atoms in total. The summed E-state index contributed by atoms with van der Waals surface area (Å²) in [4.78, 5) is 17.1. The van der Waals surface area contributed by atoms with E-state index in [4.69, 9.17) is 0 Å². The number of thiazole rings is 1. The largest absolute Gasteiger partial charge is 0.302 e. The van der Waals surface area contributed by atoms with Gasteiger partial charge in [-0.2, -0.15) is 0 Å². The highest BCUT2D eigenvalue weighted by Crippen LogP contribution is 2.26. The van der Waals surface area contributed by atoms with Crippen LogP contribution in [0.3, 0.4) is 0 Å². The third-order valence-corrected chi connectivity index (χ3v) is 7.21. The first kappa shape index (κ1) is 23.0. The molecule has 0 radical (unpaired) electrons. The lowest BCUT2D eigenvalue weighted by atomic mass is 10.0. The first-order valence-electron chi connectivity index (χ1n) is 11.1. The highest BCUT2D eigenvalue weighted by atomic mass is 32.2. The molecule has 0 aliphatic heterocycles.